The minimum Gasteiger partial charge on any atom is -0.464 e. The van der Waals surface area contributed by atoms with Gasteiger partial charge in [0.1, 0.15) is 6.04 Å². The van der Waals surface area contributed by atoms with Crippen LogP contribution in [0.1, 0.15) is 58.4 Å². The molecule has 0 radical (unpaired) electrons. The number of alkyl carbamates (subject to hydrolysis) is 1. The maximum Gasteiger partial charge on any atom is 0.407 e. The Morgan fingerprint density at radius 2 is 1.69 bits per heavy atom. The Morgan fingerprint density at radius 3 is 2.35 bits per heavy atom. The zero-order chi connectivity index (χ0) is 19.2. The molecule has 0 heterocycles. The summed E-state index contributed by atoms with van der Waals surface area (Å²) >= 11 is 0. The number of carbonyl (C=O) groups excluding carboxylic acids is 2. The minimum atomic E-state index is -0.743. The van der Waals surface area contributed by atoms with E-state index < -0.39 is 18.1 Å². The Balaban J connectivity index is 2.53. The molecule has 5 heteroatoms. The number of nitrogens with one attached hydrogen (secondary N) is 1. The molecule has 146 valence electrons. The van der Waals surface area contributed by atoms with Crippen LogP contribution in [0.15, 0.2) is 30.3 Å². The van der Waals surface area contributed by atoms with Gasteiger partial charge in [-0.3, -0.25) is 0 Å². The van der Waals surface area contributed by atoms with E-state index in [2.05, 4.69) is 12.2 Å². The minimum absolute atomic E-state index is 0.239. The summed E-state index contributed by atoms with van der Waals surface area (Å²) in [5.74, 6) is -0.172. The van der Waals surface area contributed by atoms with E-state index in [1.807, 2.05) is 44.2 Å². The van der Waals surface area contributed by atoms with Gasteiger partial charge in [0.25, 0.3) is 0 Å². The van der Waals surface area contributed by atoms with E-state index in [0.717, 1.165) is 24.8 Å². The number of hydrogen-bond donors (Lipinski definition) is 1. The predicted molar refractivity (Wildman–Crippen MR) is 103 cm³/mol. The van der Waals surface area contributed by atoms with Gasteiger partial charge >= 0.3 is 12.1 Å². The summed E-state index contributed by atoms with van der Waals surface area (Å²) < 4.78 is 10.5. The van der Waals surface area contributed by atoms with Gasteiger partial charge in [0, 0.05) is 6.42 Å². The highest BCUT2D eigenvalue weighted by atomic mass is 16.6. The van der Waals surface area contributed by atoms with Crippen LogP contribution in [0.5, 0.6) is 0 Å². The molecule has 1 aromatic carbocycles. The quantitative estimate of drug-likeness (QED) is 0.439. The van der Waals surface area contributed by atoms with Gasteiger partial charge in [-0.15, -0.1) is 0 Å². The van der Waals surface area contributed by atoms with Crippen molar-refractivity contribution >= 4 is 12.1 Å². The van der Waals surface area contributed by atoms with Crippen molar-refractivity contribution in [2.45, 2.75) is 65.3 Å². The molecule has 0 fully saturated rings. The van der Waals surface area contributed by atoms with Crippen LogP contribution >= 0.6 is 0 Å². The summed E-state index contributed by atoms with van der Waals surface area (Å²) in [6.45, 7) is 6.79. The molecule has 0 aliphatic heterocycles. The fourth-order valence-electron chi connectivity index (χ4n) is 2.45. The molecule has 1 atom stereocenters. The summed E-state index contributed by atoms with van der Waals surface area (Å²) in [5, 5.41) is 2.65. The summed E-state index contributed by atoms with van der Waals surface area (Å²) in [7, 11) is 0. The van der Waals surface area contributed by atoms with Crippen molar-refractivity contribution in [3.05, 3.63) is 35.9 Å². The molecule has 0 aliphatic carbocycles. The smallest absolute Gasteiger partial charge is 0.407 e. The van der Waals surface area contributed by atoms with E-state index in [4.69, 9.17) is 9.47 Å². The van der Waals surface area contributed by atoms with Gasteiger partial charge in [0.15, 0.2) is 0 Å². The third-order valence-electron chi connectivity index (χ3n) is 3.90. The van der Waals surface area contributed by atoms with Crippen LogP contribution in [0.25, 0.3) is 0 Å². The highest BCUT2D eigenvalue weighted by Crippen LogP contribution is 2.07. The van der Waals surface area contributed by atoms with Crippen molar-refractivity contribution in [1.29, 1.82) is 0 Å². The molecule has 0 saturated carbocycles. The summed E-state index contributed by atoms with van der Waals surface area (Å²) in [5.41, 5.74) is 0.960. The van der Waals surface area contributed by atoms with E-state index in [0.29, 0.717) is 19.6 Å². The van der Waals surface area contributed by atoms with E-state index in [9.17, 15) is 9.59 Å². The SMILES string of the molecule is CCCCCCCOC(=O)C(Cc1ccccc1)NC(=O)OCC(C)C. The van der Waals surface area contributed by atoms with Gasteiger partial charge in [-0.05, 0) is 17.9 Å². The first-order valence-electron chi connectivity index (χ1n) is 9.66. The first-order chi connectivity index (χ1) is 12.5. The van der Waals surface area contributed by atoms with Gasteiger partial charge in [-0.1, -0.05) is 76.8 Å². The molecule has 1 unspecified atom stereocenters. The lowest BCUT2D eigenvalue weighted by atomic mass is 10.1. The molecular formula is C21H33NO4. The van der Waals surface area contributed by atoms with Crippen LogP contribution < -0.4 is 5.32 Å². The Morgan fingerprint density at radius 1 is 1.00 bits per heavy atom. The number of ether oxygens (including phenoxy) is 2. The molecule has 1 aromatic rings. The fraction of sp³-hybridized carbons (Fsp3) is 0.619. The Labute approximate surface area is 157 Å². The van der Waals surface area contributed by atoms with Crippen molar-refractivity contribution in [3.63, 3.8) is 0 Å². The van der Waals surface area contributed by atoms with Crippen molar-refractivity contribution < 1.29 is 19.1 Å². The van der Waals surface area contributed by atoms with Crippen molar-refractivity contribution in [3.8, 4) is 0 Å². The number of hydrogen-bond acceptors (Lipinski definition) is 4. The van der Waals surface area contributed by atoms with Crippen LogP contribution in [0.4, 0.5) is 4.79 Å². The molecule has 1 rings (SSSR count). The van der Waals surface area contributed by atoms with E-state index in [1.165, 1.54) is 12.8 Å². The zero-order valence-corrected chi connectivity index (χ0v) is 16.3. The highest BCUT2D eigenvalue weighted by Gasteiger charge is 2.23. The van der Waals surface area contributed by atoms with Gasteiger partial charge in [0.05, 0.1) is 13.2 Å². The van der Waals surface area contributed by atoms with E-state index in [1.54, 1.807) is 0 Å². The molecule has 1 amide bonds. The van der Waals surface area contributed by atoms with Gasteiger partial charge < -0.3 is 14.8 Å². The second-order valence-electron chi connectivity index (χ2n) is 6.96. The first-order valence-corrected chi connectivity index (χ1v) is 9.66. The Hall–Kier alpha value is -2.04. The Bertz CT molecular complexity index is 516. The van der Waals surface area contributed by atoms with Crippen molar-refractivity contribution in [2.75, 3.05) is 13.2 Å². The van der Waals surface area contributed by atoms with E-state index >= 15 is 0 Å². The lowest BCUT2D eigenvalue weighted by Gasteiger charge is -2.18. The molecule has 26 heavy (non-hydrogen) atoms. The number of unbranched alkanes of at least 4 members (excludes halogenated alkanes) is 4. The average molecular weight is 363 g/mol. The summed E-state index contributed by atoms with van der Waals surface area (Å²) in [4.78, 5) is 24.4. The number of esters is 1. The molecule has 0 saturated heterocycles. The second-order valence-corrected chi connectivity index (χ2v) is 6.96. The van der Waals surface area contributed by atoms with E-state index in [-0.39, 0.29) is 5.92 Å². The van der Waals surface area contributed by atoms with Crippen molar-refractivity contribution in [1.82, 2.24) is 5.32 Å². The standard InChI is InChI=1S/C21H33NO4/c1-4-5-6-7-11-14-25-20(23)19(15-18-12-9-8-10-13-18)22-21(24)26-16-17(2)3/h8-10,12-13,17,19H,4-7,11,14-16H2,1-3H3,(H,22,24). The molecule has 0 bridgehead atoms. The number of benzene rings is 1. The molecule has 0 aromatic heterocycles. The molecule has 1 N–H and O–H groups in total. The first kappa shape index (κ1) is 22.0. The average Bonchev–Trinajstić information content (AvgIpc) is 2.63. The number of rotatable bonds is 12. The van der Waals surface area contributed by atoms with Crippen LogP contribution in [0, 0.1) is 5.92 Å². The van der Waals surface area contributed by atoms with Gasteiger partial charge in [0.2, 0.25) is 0 Å². The van der Waals surface area contributed by atoms with Gasteiger partial charge in [-0.2, -0.15) is 0 Å². The second kappa shape index (κ2) is 13.2. The molecule has 0 spiro atoms. The lowest BCUT2D eigenvalue weighted by molar-refractivity contribution is -0.146. The zero-order valence-electron chi connectivity index (χ0n) is 16.3. The maximum absolute atomic E-state index is 12.4. The van der Waals surface area contributed by atoms with Crippen molar-refractivity contribution in [2.24, 2.45) is 5.92 Å². The van der Waals surface area contributed by atoms with Crippen LogP contribution in [0.2, 0.25) is 0 Å². The highest BCUT2D eigenvalue weighted by molar-refractivity contribution is 5.81. The van der Waals surface area contributed by atoms with Crippen LogP contribution in [-0.2, 0) is 20.7 Å². The van der Waals surface area contributed by atoms with Gasteiger partial charge in [-0.25, -0.2) is 9.59 Å². The molecule has 0 aliphatic rings. The van der Waals surface area contributed by atoms with Crippen LogP contribution in [0.3, 0.4) is 0 Å². The normalized spacial score (nSPS) is 11.8. The lowest BCUT2D eigenvalue weighted by Crippen LogP contribution is -2.44. The summed E-state index contributed by atoms with van der Waals surface area (Å²) in [6, 6.07) is 8.83. The van der Waals surface area contributed by atoms with Crippen LogP contribution in [-0.4, -0.2) is 31.3 Å². The summed E-state index contributed by atoms with van der Waals surface area (Å²) in [6.07, 6.45) is 5.23. The molecule has 5 nitrogen and oxygen atoms in total. The number of amides is 1. The Kier molecular flexibility index (Phi) is 11.2. The monoisotopic (exact) mass is 363 g/mol. The molecular weight excluding hydrogens is 330 g/mol. The fourth-order valence-corrected chi connectivity index (χ4v) is 2.45. The third-order valence-corrected chi connectivity index (χ3v) is 3.90. The topological polar surface area (TPSA) is 64.6 Å². The number of carbonyl (C=O) groups is 2. The maximum atomic E-state index is 12.4. The third kappa shape index (κ3) is 10.1. The largest absolute Gasteiger partial charge is 0.464 e. The predicted octanol–water partition coefficient (Wildman–Crippen LogP) is 4.49.